The summed E-state index contributed by atoms with van der Waals surface area (Å²) in [6.45, 7) is 6.22. The molecule has 0 spiro atoms. The number of aryl methyl sites for hydroxylation is 2. The van der Waals surface area contributed by atoms with Crippen molar-refractivity contribution in [3.63, 3.8) is 0 Å². The Kier molecular flexibility index (Phi) is 5.44. The van der Waals surface area contributed by atoms with Gasteiger partial charge in [0.25, 0.3) is 0 Å². The van der Waals surface area contributed by atoms with Gasteiger partial charge in [-0.1, -0.05) is 23.9 Å². The van der Waals surface area contributed by atoms with Crippen molar-refractivity contribution < 1.29 is 4.79 Å². The number of amides is 1. The molecule has 1 atom stereocenters. The molecule has 7 nitrogen and oxygen atoms in total. The number of tetrazole rings is 1. The number of aromatic nitrogens is 5. The van der Waals surface area contributed by atoms with Gasteiger partial charge in [-0.05, 0) is 48.9 Å². The zero-order valence-electron chi connectivity index (χ0n) is 14.1. The number of benzene rings is 1. The number of thioether (sulfide) groups is 1. The van der Waals surface area contributed by atoms with Crippen LogP contribution in [-0.2, 0) is 11.3 Å². The second-order valence-corrected chi connectivity index (χ2v) is 7.82. The lowest BCUT2D eigenvalue weighted by Gasteiger charge is -2.11. The highest BCUT2D eigenvalue weighted by Crippen LogP contribution is 2.23. The lowest BCUT2D eigenvalue weighted by molar-refractivity contribution is -0.120. The fourth-order valence-electron chi connectivity index (χ4n) is 2.18. The summed E-state index contributed by atoms with van der Waals surface area (Å²) in [5, 5.41) is 17.8. The number of nitrogens with zero attached hydrogens (tertiary/aromatic N) is 5. The molecular weight excluding hydrogens is 356 g/mol. The van der Waals surface area contributed by atoms with Gasteiger partial charge in [0.05, 0.1) is 17.5 Å². The van der Waals surface area contributed by atoms with E-state index in [-0.39, 0.29) is 11.2 Å². The predicted octanol–water partition coefficient (Wildman–Crippen LogP) is 2.53. The van der Waals surface area contributed by atoms with E-state index in [1.807, 2.05) is 50.4 Å². The number of carbonyl (C=O) groups is 1. The van der Waals surface area contributed by atoms with Gasteiger partial charge in [-0.3, -0.25) is 4.79 Å². The summed E-state index contributed by atoms with van der Waals surface area (Å²) in [4.78, 5) is 16.7. The zero-order valence-corrected chi connectivity index (χ0v) is 15.8. The Labute approximate surface area is 153 Å². The van der Waals surface area contributed by atoms with Gasteiger partial charge in [0.1, 0.15) is 5.01 Å². The van der Waals surface area contributed by atoms with E-state index in [1.54, 1.807) is 16.0 Å². The van der Waals surface area contributed by atoms with Gasteiger partial charge in [-0.15, -0.1) is 16.4 Å². The molecule has 2 heterocycles. The van der Waals surface area contributed by atoms with Crippen molar-refractivity contribution >= 4 is 29.0 Å². The lowest BCUT2D eigenvalue weighted by atomic mass is 10.2. The first-order chi connectivity index (χ1) is 12.0. The van der Waals surface area contributed by atoms with Crippen molar-refractivity contribution in [2.75, 3.05) is 0 Å². The van der Waals surface area contributed by atoms with Gasteiger partial charge >= 0.3 is 0 Å². The lowest BCUT2D eigenvalue weighted by Crippen LogP contribution is -2.30. The summed E-state index contributed by atoms with van der Waals surface area (Å²) in [6.07, 6.45) is 0. The van der Waals surface area contributed by atoms with Crippen LogP contribution in [0.1, 0.15) is 23.2 Å². The minimum absolute atomic E-state index is 0.0726. The van der Waals surface area contributed by atoms with Crippen molar-refractivity contribution in [2.45, 2.75) is 37.7 Å². The molecule has 0 saturated carbocycles. The van der Waals surface area contributed by atoms with Crippen molar-refractivity contribution in [2.24, 2.45) is 0 Å². The molecule has 0 bridgehead atoms. The van der Waals surface area contributed by atoms with Gasteiger partial charge in [0, 0.05) is 11.1 Å². The van der Waals surface area contributed by atoms with E-state index in [2.05, 4.69) is 25.8 Å². The van der Waals surface area contributed by atoms with Crippen LogP contribution in [0.4, 0.5) is 0 Å². The van der Waals surface area contributed by atoms with Gasteiger partial charge in [0.2, 0.25) is 11.1 Å². The van der Waals surface area contributed by atoms with Crippen LogP contribution < -0.4 is 5.32 Å². The molecule has 3 aromatic rings. The molecule has 0 aliphatic carbocycles. The highest BCUT2D eigenvalue weighted by atomic mass is 32.2. The first-order valence-corrected chi connectivity index (χ1v) is 9.49. The zero-order chi connectivity index (χ0) is 17.8. The number of nitrogens with one attached hydrogen (secondary N) is 1. The van der Waals surface area contributed by atoms with Crippen LogP contribution in [0.15, 0.2) is 34.8 Å². The van der Waals surface area contributed by atoms with Crippen molar-refractivity contribution in [1.82, 2.24) is 30.5 Å². The molecule has 1 N–H and O–H groups in total. The second kappa shape index (κ2) is 7.75. The van der Waals surface area contributed by atoms with Crippen molar-refractivity contribution in [1.29, 1.82) is 0 Å². The first kappa shape index (κ1) is 17.6. The smallest absolute Gasteiger partial charge is 0.233 e. The monoisotopic (exact) mass is 374 g/mol. The van der Waals surface area contributed by atoms with Crippen LogP contribution in [0, 0.1) is 13.8 Å². The fraction of sp³-hybridized carbons (Fsp3) is 0.312. The van der Waals surface area contributed by atoms with E-state index in [0.717, 1.165) is 22.0 Å². The maximum absolute atomic E-state index is 12.3. The predicted molar refractivity (Wildman–Crippen MR) is 97.9 cm³/mol. The molecular formula is C16H18N6OS2. The molecule has 0 unspecified atom stereocenters. The number of hydrogen-bond acceptors (Lipinski definition) is 7. The molecule has 25 heavy (non-hydrogen) atoms. The van der Waals surface area contributed by atoms with Gasteiger partial charge in [0.15, 0.2) is 0 Å². The molecule has 0 saturated heterocycles. The maximum atomic E-state index is 12.3. The standard InChI is InChI=1S/C16H18N6OS2/c1-10-5-4-6-13(7-10)22-16(19-20-21-22)25-12(3)15(23)17-8-14-18-11(2)9-24-14/h4-7,9,12H,8H2,1-3H3,(H,17,23)/t12-/m1/s1. The van der Waals surface area contributed by atoms with Gasteiger partial charge in [-0.2, -0.15) is 4.68 Å². The molecule has 9 heteroatoms. The molecule has 0 radical (unpaired) electrons. The maximum Gasteiger partial charge on any atom is 0.233 e. The van der Waals surface area contributed by atoms with Crippen LogP contribution in [0.25, 0.3) is 5.69 Å². The summed E-state index contributed by atoms with van der Waals surface area (Å²) in [5.74, 6) is -0.0726. The molecule has 2 aromatic heterocycles. The van der Waals surface area contributed by atoms with Crippen LogP contribution in [0.2, 0.25) is 0 Å². The summed E-state index contributed by atoms with van der Waals surface area (Å²) in [6, 6.07) is 7.89. The van der Waals surface area contributed by atoms with Crippen LogP contribution in [0.5, 0.6) is 0 Å². The summed E-state index contributed by atoms with van der Waals surface area (Å²) in [5.41, 5.74) is 2.96. The fourth-order valence-corrected chi connectivity index (χ4v) is 3.72. The Balaban J connectivity index is 1.64. The third-order valence-electron chi connectivity index (χ3n) is 3.42. The molecule has 1 aromatic carbocycles. The molecule has 0 aliphatic rings. The SMILES string of the molecule is Cc1cccc(-n2nnnc2S[C@H](C)C(=O)NCc2nc(C)cs2)c1. The molecule has 3 rings (SSSR count). The minimum Gasteiger partial charge on any atom is -0.349 e. The number of rotatable bonds is 6. The highest BCUT2D eigenvalue weighted by Gasteiger charge is 2.19. The van der Waals surface area contributed by atoms with E-state index in [4.69, 9.17) is 0 Å². The van der Waals surface area contributed by atoms with Gasteiger partial charge in [-0.25, -0.2) is 4.98 Å². The van der Waals surface area contributed by atoms with Gasteiger partial charge < -0.3 is 5.32 Å². The first-order valence-electron chi connectivity index (χ1n) is 7.73. The van der Waals surface area contributed by atoms with E-state index in [9.17, 15) is 4.79 Å². The average Bonchev–Trinajstić information content (AvgIpc) is 3.21. The molecule has 0 fully saturated rings. The quantitative estimate of drug-likeness (QED) is 0.667. The topological polar surface area (TPSA) is 85.6 Å². The van der Waals surface area contributed by atoms with Crippen LogP contribution in [-0.4, -0.2) is 36.3 Å². The van der Waals surface area contributed by atoms with Crippen LogP contribution >= 0.6 is 23.1 Å². The number of carbonyl (C=O) groups excluding carboxylic acids is 1. The normalized spacial score (nSPS) is 12.1. The Morgan fingerprint density at radius 1 is 1.40 bits per heavy atom. The molecule has 1 amide bonds. The van der Waals surface area contributed by atoms with E-state index >= 15 is 0 Å². The third kappa shape index (κ3) is 4.43. The molecule has 130 valence electrons. The van der Waals surface area contributed by atoms with E-state index in [1.165, 1.54) is 11.8 Å². The summed E-state index contributed by atoms with van der Waals surface area (Å²) >= 11 is 2.86. The Morgan fingerprint density at radius 3 is 2.96 bits per heavy atom. The highest BCUT2D eigenvalue weighted by molar-refractivity contribution is 8.00. The largest absolute Gasteiger partial charge is 0.349 e. The summed E-state index contributed by atoms with van der Waals surface area (Å²) < 4.78 is 1.64. The van der Waals surface area contributed by atoms with Crippen molar-refractivity contribution in [3.05, 3.63) is 45.9 Å². The van der Waals surface area contributed by atoms with Crippen LogP contribution in [0.3, 0.4) is 0 Å². The summed E-state index contributed by atoms with van der Waals surface area (Å²) in [7, 11) is 0. The average molecular weight is 374 g/mol. The minimum atomic E-state index is -0.324. The molecule has 0 aliphatic heterocycles. The second-order valence-electron chi connectivity index (χ2n) is 5.57. The Hall–Kier alpha value is -2.26. The third-order valence-corrected chi connectivity index (χ3v) is 5.42. The van der Waals surface area contributed by atoms with Crippen molar-refractivity contribution in [3.8, 4) is 5.69 Å². The Bertz CT molecular complexity index is 875. The van der Waals surface area contributed by atoms with E-state index < -0.39 is 0 Å². The van der Waals surface area contributed by atoms with E-state index in [0.29, 0.717) is 11.7 Å². The Morgan fingerprint density at radius 2 is 2.24 bits per heavy atom. The number of thiazole rings is 1. The number of hydrogen-bond donors (Lipinski definition) is 1.